The molecule has 1 aliphatic heterocycles. The number of ether oxygens (including phenoxy) is 1. The second kappa shape index (κ2) is 6.83. The van der Waals surface area contributed by atoms with Crippen LogP contribution in [0.5, 0.6) is 0 Å². The van der Waals surface area contributed by atoms with Gasteiger partial charge in [0.25, 0.3) is 0 Å². The molecule has 1 atom stereocenters. The minimum absolute atomic E-state index is 0.0798. The van der Waals surface area contributed by atoms with Crippen molar-refractivity contribution < 1.29 is 14.6 Å². The van der Waals surface area contributed by atoms with Crippen molar-refractivity contribution >= 4 is 5.97 Å². The van der Waals surface area contributed by atoms with Crippen molar-refractivity contribution in [1.29, 1.82) is 0 Å². The van der Waals surface area contributed by atoms with Gasteiger partial charge in [0.2, 0.25) is 0 Å². The van der Waals surface area contributed by atoms with Gasteiger partial charge in [-0.1, -0.05) is 0 Å². The Bertz CT molecular complexity index is 215. The SMILES string of the molecule is CCOC(=O)CC(O)CN1CCC(N)CC1. The van der Waals surface area contributed by atoms with E-state index in [9.17, 15) is 9.90 Å². The van der Waals surface area contributed by atoms with Crippen LogP contribution in [-0.4, -0.2) is 54.4 Å². The number of carbonyl (C=O) groups is 1. The van der Waals surface area contributed by atoms with Crippen molar-refractivity contribution in [3.05, 3.63) is 0 Å². The summed E-state index contributed by atoms with van der Waals surface area (Å²) in [5.41, 5.74) is 5.78. The van der Waals surface area contributed by atoms with Crippen molar-refractivity contribution in [3.63, 3.8) is 0 Å². The zero-order valence-corrected chi connectivity index (χ0v) is 9.89. The number of hydrogen-bond acceptors (Lipinski definition) is 5. The minimum atomic E-state index is -0.631. The Morgan fingerprint density at radius 2 is 2.19 bits per heavy atom. The molecule has 0 amide bonds. The number of carbonyl (C=O) groups excluding carboxylic acids is 1. The maximum atomic E-state index is 11.1. The van der Waals surface area contributed by atoms with Gasteiger partial charge in [0.15, 0.2) is 0 Å². The van der Waals surface area contributed by atoms with E-state index in [4.69, 9.17) is 10.5 Å². The van der Waals surface area contributed by atoms with E-state index >= 15 is 0 Å². The van der Waals surface area contributed by atoms with E-state index in [1.807, 2.05) is 0 Å². The van der Waals surface area contributed by atoms with Gasteiger partial charge in [0.1, 0.15) is 0 Å². The molecule has 0 aliphatic carbocycles. The highest BCUT2D eigenvalue weighted by Gasteiger charge is 2.20. The average molecular weight is 230 g/mol. The lowest BCUT2D eigenvalue weighted by molar-refractivity contribution is -0.145. The number of aliphatic hydroxyl groups is 1. The number of hydrogen-bond donors (Lipinski definition) is 2. The van der Waals surface area contributed by atoms with Crippen molar-refractivity contribution in [2.24, 2.45) is 5.73 Å². The third-order valence-corrected chi connectivity index (χ3v) is 2.81. The van der Waals surface area contributed by atoms with Gasteiger partial charge in [-0.05, 0) is 32.9 Å². The Labute approximate surface area is 96.6 Å². The summed E-state index contributed by atoms with van der Waals surface area (Å²) in [6.07, 6.45) is 1.38. The normalized spacial score (nSPS) is 20.7. The van der Waals surface area contributed by atoms with Gasteiger partial charge in [0.05, 0.1) is 19.1 Å². The number of aliphatic hydroxyl groups excluding tert-OH is 1. The van der Waals surface area contributed by atoms with Crippen LogP contribution in [0.2, 0.25) is 0 Å². The van der Waals surface area contributed by atoms with E-state index in [2.05, 4.69) is 4.90 Å². The van der Waals surface area contributed by atoms with Crippen LogP contribution in [0, 0.1) is 0 Å². The molecule has 0 radical (unpaired) electrons. The quantitative estimate of drug-likeness (QED) is 0.636. The first-order valence-electron chi connectivity index (χ1n) is 5.93. The lowest BCUT2D eigenvalue weighted by atomic mass is 10.1. The number of esters is 1. The molecule has 16 heavy (non-hydrogen) atoms. The van der Waals surface area contributed by atoms with E-state index in [1.54, 1.807) is 6.92 Å². The van der Waals surface area contributed by atoms with Crippen LogP contribution in [0.15, 0.2) is 0 Å². The molecule has 0 bridgehead atoms. The van der Waals surface area contributed by atoms with Crippen molar-refractivity contribution in [1.82, 2.24) is 4.90 Å². The summed E-state index contributed by atoms with van der Waals surface area (Å²) in [5.74, 6) is -0.330. The van der Waals surface area contributed by atoms with Gasteiger partial charge in [-0.25, -0.2) is 0 Å². The summed E-state index contributed by atoms with van der Waals surface area (Å²) in [7, 11) is 0. The van der Waals surface area contributed by atoms with Crippen LogP contribution >= 0.6 is 0 Å². The summed E-state index contributed by atoms with van der Waals surface area (Å²) < 4.78 is 4.78. The molecule has 1 saturated heterocycles. The number of nitrogens with zero attached hydrogens (tertiary/aromatic N) is 1. The maximum Gasteiger partial charge on any atom is 0.308 e. The number of piperidine rings is 1. The molecule has 94 valence electrons. The molecule has 0 saturated carbocycles. The molecule has 5 nitrogen and oxygen atoms in total. The number of nitrogens with two attached hydrogens (primary N) is 1. The summed E-state index contributed by atoms with van der Waals surface area (Å²) in [5, 5.41) is 9.69. The Kier molecular flexibility index (Phi) is 5.73. The van der Waals surface area contributed by atoms with Crippen LogP contribution in [-0.2, 0) is 9.53 Å². The van der Waals surface area contributed by atoms with E-state index in [0.29, 0.717) is 19.2 Å². The monoisotopic (exact) mass is 230 g/mol. The van der Waals surface area contributed by atoms with E-state index in [-0.39, 0.29) is 12.4 Å². The van der Waals surface area contributed by atoms with E-state index in [0.717, 1.165) is 25.9 Å². The van der Waals surface area contributed by atoms with Gasteiger partial charge in [-0.2, -0.15) is 0 Å². The summed E-state index contributed by atoms with van der Waals surface area (Å²) >= 11 is 0. The molecule has 1 rings (SSSR count). The molecule has 0 aromatic carbocycles. The predicted octanol–water partition coefficient (Wildman–Crippen LogP) is -0.276. The fourth-order valence-electron chi connectivity index (χ4n) is 1.91. The van der Waals surface area contributed by atoms with Crippen LogP contribution in [0.3, 0.4) is 0 Å². The number of β-amino-alcohol motifs (C(OH)–C–C–N with tert-alkyl or cyclic N) is 1. The maximum absolute atomic E-state index is 11.1. The molecule has 3 N–H and O–H groups in total. The highest BCUT2D eigenvalue weighted by molar-refractivity contribution is 5.69. The Morgan fingerprint density at radius 3 is 2.75 bits per heavy atom. The summed E-state index contributed by atoms with van der Waals surface area (Å²) in [4.78, 5) is 13.3. The fourth-order valence-corrected chi connectivity index (χ4v) is 1.91. The zero-order valence-electron chi connectivity index (χ0n) is 9.89. The van der Waals surface area contributed by atoms with Crippen LogP contribution in [0.1, 0.15) is 26.2 Å². The van der Waals surface area contributed by atoms with Crippen molar-refractivity contribution in [3.8, 4) is 0 Å². The zero-order chi connectivity index (χ0) is 12.0. The number of likely N-dealkylation sites (tertiary alicyclic amines) is 1. The molecule has 1 unspecified atom stereocenters. The van der Waals surface area contributed by atoms with E-state index in [1.165, 1.54) is 0 Å². The predicted molar refractivity (Wildman–Crippen MR) is 60.9 cm³/mol. The average Bonchev–Trinajstić information content (AvgIpc) is 2.21. The molecular weight excluding hydrogens is 208 g/mol. The van der Waals surface area contributed by atoms with Crippen LogP contribution in [0.4, 0.5) is 0 Å². The lowest BCUT2D eigenvalue weighted by Gasteiger charge is -2.31. The smallest absolute Gasteiger partial charge is 0.308 e. The molecule has 0 aromatic heterocycles. The van der Waals surface area contributed by atoms with E-state index < -0.39 is 6.10 Å². The minimum Gasteiger partial charge on any atom is -0.466 e. The molecular formula is C11H22N2O3. The van der Waals surface area contributed by atoms with Gasteiger partial charge in [-0.15, -0.1) is 0 Å². The van der Waals surface area contributed by atoms with Crippen molar-refractivity contribution in [2.75, 3.05) is 26.2 Å². The fraction of sp³-hybridized carbons (Fsp3) is 0.909. The third-order valence-electron chi connectivity index (χ3n) is 2.81. The third kappa shape index (κ3) is 4.92. The lowest BCUT2D eigenvalue weighted by Crippen LogP contribution is -2.43. The molecule has 1 aliphatic rings. The first-order chi connectivity index (χ1) is 7.61. The first-order valence-corrected chi connectivity index (χ1v) is 5.93. The molecule has 1 fully saturated rings. The topological polar surface area (TPSA) is 75.8 Å². The second-order valence-electron chi connectivity index (χ2n) is 4.30. The Hall–Kier alpha value is -0.650. The van der Waals surface area contributed by atoms with Gasteiger partial charge < -0.3 is 20.5 Å². The van der Waals surface area contributed by atoms with Crippen LogP contribution < -0.4 is 5.73 Å². The Morgan fingerprint density at radius 1 is 1.56 bits per heavy atom. The second-order valence-corrected chi connectivity index (χ2v) is 4.30. The van der Waals surface area contributed by atoms with Crippen LogP contribution in [0.25, 0.3) is 0 Å². The molecule has 0 aromatic rings. The standard InChI is InChI=1S/C11H22N2O3/c1-2-16-11(15)7-10(14)8-13-5-3-9(12)4-6-13/h9-10,14H,2-8,12H2,1H3. The van der Waals surface area contributed by atoms with Gasteiger partial charge in [0, 0.05) is 12.6 Å². The highest BCUT2D eigenvalue weighted by atomic mass is 16.5. The summed E-state index contributed by atoms with van der Waals surface area (Å²) in [6, 6.07) is 0.290. The number of rotatable bonds is 5. The Balaban J connectivity index is 2.18. The van der Waals surface area contributed by atoms with Gasteiger partial charge >= 0.3 is 5.97 Å². The molecule has 5 heteroatoms. The largest absolute Gasteiger partial charge is 0.466 e. The first kappa shape index (κ1) is 13.4. The molecule has 1 heterocycles. The van der Waals surface area contributed by atoms with Gasteiger partial charge in [-0.3, -0.25) is 4.79 Å². The highest BCUT2D eigenvalue weighted by Crippen LogP contribution is 2.09. The summed E-state index contributed by atoms with van der Waals surface area (Å²) in [6.45, 7) is 4.47. The molecule has 0 spiro atoms. The van der Waals surface area contributed by atoms with Crippen molar-refractivity contribution in [2.45, 2.75) is 38.3 Å².